The minimum Gasteiger partial charge on any atom is -0.357 e. The van der Waals surface area contributed by atoms with Crippen LogP contribution in [0.25, 0.3) is 0 Å². The van der Waals surface area contributed by atoms with E-state index >= 15 is 0 Å². The highest BCUT2D eigenvalue weighted by Crippen LogP contribution is 2.28. The lowest BCUT2D eigenvalue weighted by Gasteiger charge is -2.08. The summed E-state index contributed by atoms with van der Waals surface area (Å²) in [7, 11) is 0. The number of amides is 1. The molecule has 0 spiro atoms. The molecule has 0 aliphatic heterocycles. The van der Waals surface area contributed by atoms with Crippen LogP contribution >= 0.6 is 0 Å². The van der Waals surface area contributed by atoms with Gasteiger partial charge in [0.05, 0.1) is 0 Å². The Labute approximate surface area is 86.6 Å². The average molecular weight is 198 g/mol. The lowest BCUT2D eigenvalue weighted by atomic mass is 10.0. The van der Waals surface area contributed by atoms with E-state index in [4.69, 9.17) is 0 Å². The quantitative estimate of drug-likeness (QED) is 0.456. The van der Waals surface area contributed by atoms with Gasteiger partial charge in [-0.1, -0.05) is 25.7 Å². The van der Waals surface area contributed by atoms with E-state index in [1.807, 2.05) is 0 Å². The van der Waals surface area contributed by atoms with Gasteiger partial charge in [0, 0.05) is 13.1 Å². The maximum Gasteiger partial charge on any atom is 0.207 e. The fourth-order valence-corrected chi connectivity index (χ4v) is 2.16. The molecule has 82 valence electrons. The smallest absolute Gasteiger partial charge is 0.207 e. The molecule has 0 unspecified atom stereocenters. The van der Waals surface area contributed by atoms with Gasteiger partial charge < -0.3 is 10.6 Å². The maximum atomic E-state index is 9.93. The molecule has 0 bridgehead atoms. The van der Waals surface area contributed by atoms with E-state index in [9.17, 15) is 4.79 Å². The van der Waals surface area contributed by atoms with Crippen LogP contribution in [-0.4, -0.2) is 26.0 Å². The molecule has 0 atom stereocenters. The first-order chi connectivity index (χ1) is 6.93. The van der Waals surface area contributed by atoms with Crippen molar-refractivity contribution in [2.45, 2.75) is 38.5 Å². The Bertz CT molecular complexity index is 144. The van der Waals surface area contributed by atoms with Gasteiger partial charge in [-0.05, 0) is 25.3 Å². The minimum absolute atomic E-state index is 0.743. The Balaban J connectivity index is 1.77. The molecule has 3 nitrogen and oxygen atoms in total. The molecular formula is C11H22N2O. The van der Waals surface area contributed by atoms with Gasteiger partial charge in [0.25, 0.3) is 0 Å². The molecule has 0 aromatic heterocycles. The van der Waals surface area contributed by atoms with Gasteiger partial charge in [-0.25, -0.2) is 0 Å². The highest BCUT2D eigenvalue weighted by atomic mass is 16.1. The van der Waals surface area contributed by atoms with Crippen LogP contribution in [0.15, 0.2) is 0 Å². The molecule has 0 aromatic rings. The van der Waals surface area contributed by atoms with E-state index in [0.29, 0.717) is 0 Å². The summed E-state index contributed by atoms with van der Waals surface area (Å²) in [5, 5.41) is 5.96. The van der Waals surface area contributed by atoms with E-state index in [1.54, 1.807) is 0 Å². The Morgan fingerprint density at radius 1 is 1.14 bits per heavy atom. The first kappa shape index (κ1) is 11.5. The van der Waals surface area contributed by atoms with Crippen molar-refractivity contribution in [1.82, 2.24) is 10.6 Å². The van der Waals surface area contributed by atoms with E-state index in [1.165, 1.54) is 38.5 Å². The summed E-state index contributed by atoms with van der Waals surface area (Å²) in [4.78, 5) is 9.93. The third-order valence-corrected chi connectivity index (χ3v) is 2.97. The molecule has 2 N–H and O–H groups in total. The molecule has 14 heavy (non-hydrogen) atoms. The van der Waals surface area contributed by atoms with Crippen molar-refractivity contribution < 1.29 is 4.79 Å². The Morgan fingerprint density at radius 2 is 1.93 bits per heavy atom. The summed E-state index contributed by atoms with van der Waals surface area (Å²) in [6.45, 7) is 2.73. The summed E-state index contributed by atoms with van der Waals surface area (Å²) < 4.78 is 0. The van der Waals surface area contributed by atoms with Crippen molar-refractivity contribution >= 4 is 6.41 Å². The van der Waals surface area contributed by atoms with Crippen LogP contribution in [0.2, 0.25) is 0 Å². The third kappa shape index (κ3) is 5.22. The standard InChI is InChI=1S/C11H22N2O/c14-10-13-9-8-12-7-3-6-11-4-1-2-5-11/h10-12H,1-9H2,(H,13,14). The second-order valence-corrected chi connectivity index (χ2v) is 4.11. The molecule has 0 aromatic carbocycles. The molecule has 1 rings (SSSR count). The van der Waals surface area contributed by atoms with Crippen LogP contribution in [0, 0.1) is 5.92 Å². The Hall–Kier alpha value is -0.570. The van der Waals surface area contributed by atoms with Crippen LogP contribution < -0.4 is 10.6 Å². The van der Waals surface area contributed by atoms with Crippen molar-refractivity contribution in [3.63, 3.8) is 0 Å². The average Bonchev–Trinajstić information content (AvgIpc) is 2.69. The molecule has 1 saturated carbocycles. The second-order valence-electron chi connectivity index (χ2n) is 4.11. The van der Waals surface area contributed by atoms with Crippen LogP contribution in [-0.2, 0) is 4.79 Å². The van der Waals surface area contributed by atoms with Crippen LogP contribution in [0.5, 0.6) is 0 Å². The Kier molecular flexibility index (Phi) is 6.41. The highest BCUT2D eigenvalue weighted by molar-refractivity contribution is 5.45. The monoisotopic (exact) mass is 198 g/mol. The fourth-order valence-electron chi connectivity index (χ4n) is 2.16. The molecule has 1 amide bonds. The van der Waals surface area contributed by atoms with Gasteiger partial charge >= 0.3 is 0 Å². The molecule has 0 radical (unpaired) electrons. The number of hydrogen-bond acceptors (Lipinski definition) is 2. The normalized spacial score (nSPS) is 17.1. The first-order valence-corrected chi connectivity index (χ1v) is 5.81. The van der Waals surface area contributed by atoms with Gasteiger partial charge in [0.2, 0.25) is 6.41 Å². The summed E-state index contributed by atoms with van der Waals surface area (Å²) in [5.74, 6) is 1.00. The van der Waals surface area contributed by atoms with Gasteiger partial charge in [-0.2, -0.15) is 0 Å². The predicted molar refractivity (Wildman–Crippen MR) is 58.1 cm³/mol. The topological polar surface area (TPSA) is 41.1 Å². The van der Waals surface area contributed by atoms with Crippen molar-refractivity contribution in [1.29, 1.82) is 0 Å². The largest absolute Gasteiger partial charge is 0.357 e. The molecular weight excluding hydrogens is 176 g/mol. The van der Waals surface area contributed by atoms with Crippen molar-refractivity contribution in [2.75, 3.05) is 19.6 Å². The number of nitrogens with one attached hydrogen (secondary N) is 2. The summed E-state index contributed by atoms with van der Waals surface area (Å²) in [6.07, 6.45) is 9.21. The van der Waals surface area contributed by atoms with Crippen molar-refractivity contribution in [2.24, 2.45) is 5.92 Å². The van der Waals surface area contributed by atoms with E-state index in [0.717, 1.165) is 32.0 Å². The molecule has 1 aliphatic rings. The van der Waals surface area contributed by atoms with Crippen molar-refractivity contribution in [3.8, 4) is 0 Å². The summed E-state index contributed by atoms with van der Waals surface area (Å²) in [6, 6.07) is 0. The molecule has 1 fully saturated rings. The highest BCUT2D eigenvalue weighted by Gasteiger charge is 2.13. The number of rotatable bonds is 8. The van der Waals surface area contributed by atoms with Crippen LogP contribution in [0.1, 0.15) is 38.5 Å². The molecule has 3 heteroatoms. The van der Waals surface area contributed by atoms with Gasteiger partial charge in [0.1, 0.15) is 0 Å². The maximum absolute atomic E-state index is 9.93. The predicted octanol–water partition coefficient (Wildman–Crippen LogP) is 1.29. The van der Waals surface area contributed by atoms with E-state index < -0.39 is 0 Å². The number of carbonyl (C=O) groups is 1. The number of carbonyl (C=O) groups excluding carboxylic acids is 1. The van der Waals surface area contributed by atoms with E-state index in [2.05, 4.69) is 10.6 Å². The summed E-state index contributed by atoms with van der Waals surface area (Å²) in [5.41, 5.74) is 0. The summed E-state index contributed by atoms with van der Waals surface area (Å²) >= 11 is 0. The zero-order valence-electron chi connectivity index (χ0n) is 8.93. The Morgan fingerprint density at radius 3 is 2.64 bits per heavy atom. The van der Waals surface area contributed by atoms with Gasteiger partial charge in [-0.15, -0.1) is 0 Å². The lowest BCUT2D eigenvalue weighted by molar-refractivity contribution is -0.109. The SMILES string of the molecule is O=CNCCNCCCC1CCCC1. The number of hydrogen-bond donors (Lipinski definition) is 2. The van der Waals surface area contributed by atoms with Crippen LogP contribution in [0.4, 0.5) is 0 Å². The second kappa shape index (κ2) is 7.80. The zero-order valence-corrected chi connectivity index (χ0v) is 8.93. The lowest BCUT2D eigenvalue weighted by Crippen LogP contribution is -2.27. The van der Waals surface area contributed by atoms with E-state index in [-0.39, 0.29) is 0 Å². The minimum atomic E-state index is 0.743. The van der Waals surface area contributed by atoms with Gasteiger partial charge in [0.15, 0.2) is 0 Å². The van der Waals surface area contributed by atoms with Crippen molar-refractivity contribution in [3.05, 3.63) is 0 Å². The molecule has 1 aliphatic carbocycles. The fraction of sp³-hybridized carbons (Fsp3) is 0.909. The van der Waals surface area contributed by atoms with Crippen LogP contribution in [0.3, 0.4) is 0 Å². The first-order valence-electron chi connectivity index (χ1n) is 5.81. The zero-order chi connectivity index (χ0) is 10.1. The third-order valence-electron chi connectivity index (χ3n) is 2.97. The molecule has 0 heterocycles. The van der Waals surface area contributed by atoms with Gasteiger partial charge in [-0.3, -0.25) is 4.79 Å². The molecule has 0 saturated heterocycles.